The van der Waals surface area contributed by atoms with Gasteiger partial charge in [0, 0.05) is 18.3 Å². The predicted molar refractivity (Wildman–Crippen MR) is 97.2 cm³/mol. The number of alkyl halides is 6. The van der Waals surface area contributed by atoms with Crippen molar-refractivity contribution in [1.82, 2.24) is 0 Å². The second-order valence-corrected chi connectivity index (χ2v) is 7.30. The first-order chi connectivity index (χ1) is 13.5. The molecule has 8 heteroatoms. The average Bonchev–Trinajstić information content (AvgIpc) is 2.93. The van der Waals surface area contributed by atoms with Crippen LogP contribution in [0.3, 0.4) is 0 Å². The number of benzene rings is 2. The molecule has 0 aromatic heterocycles. The Morgan fingerprint density at radius 2 is 1.41 bits per heavy atom. The van der Waals surface area contributed by atoms with E-state index in [0.717, 1.165) is 0 Å². The Bertz CT molecular complexity index is 911. The lowest BCUT2D eigenvalue weighted by Crippen LogP contribution is -2.30. The van der Waals surface area contributed by atoms with Crippen LogP contribution in [0.1, 0.15) is 49.3 Å². The topological polar surface area (TPSA) is 32.6 Å². The van der Waals surface area contributed by atoms with Crippen molar-refractivity contribution < 1.29 is 31.5 Å². The number of fused-ring (bicyclic) bond motifs is 3. The molecule has 2 aromatic rings. The van der Waals surface area contributed by atoms with Crippen LogP contribution in [0.4, 0.5) is 26.3 Å². The normalized spacial score (nSPS) is 15.9. The van der Waals surface area contributed by atoms with Crippen LogP contribution < -0.4 is 0 Å². The van der Waals surface area contributed by atoms with Crippen LogP contribution in [0.5, 0.6) is 0 Å². The number of hydrogen-bond acceptors (Lipinski definition) is 2. The maximum Gasteiger partial charge on any atom is 0.389 e. The Morgan fingerprint density at radius 1 is 0.862 bits per heavy atom. The molecule has 0 amide bonds. The molecule has 2 nitrogen and oxygen atoms in total. The minimum Gasteiger partial charge on any atom is -0.411 e. The largest absolute Gasteiger partial charge is 0.411 e. The molecule has 0 bridgehead atoms. The zero-order valence-electron chi connectivity index (χ0n) is 15.5. The van der Waals surface area contributed by atoms with Gasteiger partial charge in [-0.25, -0.2) is 0 Å². The molecule has 0 fully saturated rings. The first-order valence-corrected chi connectivity index (χ1v) is 9.04. The van der Waals surface area contributed by atoms with Crippen molar-refractivity contribution in [2.75, 3.05) is 0 Å². The van der Waals surface area contributed by atoms with Gasteiger partial charge in [-0.05, 0) is 53.6 Å². The van der Waals surface area contributed by atoms with Gasteiger partial charge in [-0.15, -0.1) is 0 Å². The summed E-state index contributed by atoms with van der Waals surface area (Å²) in [6.45, 7) is 1.51. The van der Waals surface area contributed by atoms with E-state index >= 15 is 0 Å². The van der Waals surface area contributed by atoms with E-state index in [2.05, 4.69) is 5.16 Å². The van der Waals surface area contributed by atoms with E-state index < -0.39 is 43.5 Å². The van der Waals surface area contributed by atoms with Crippen molar-refractivity contribution >= 4 is 5.71 Å². The van der Waals surface area contributed by atoms with Crippen LogP contribution >= 0.6 is 0 Å². The summed E-state index contributed by atoms with van der Waals surface area (Å²) in [5, 5.41) is 12.2. The van der Waals surface area contributed by atoms with Gasteiger partial charge >= 0.3 is 12.4 Å². The van der Waals surface area contributed by atoms with E-state index in [0.29, 0.717) is 27.8 Å². The number of halogens is 6. The summed E-state index contributed by atoms with van der Waals surface area (Å²) in [5.41, 5.74) is 1.37. The molecule has 0 spiro atoms. The molecule has 2 aromatic carbocycles. The Labute approximate surface area is 163 Å². The molecule has 3 rings (SSSR count). The highest BCUT2D eigenvalue weighted by molar-refractivity contribution is 5.99. The van der Waals surface area contributed by atoms with Crippen molar-refractivity contribution in [1.29, 1.82) is 0 Å². The van der Waals surface area contributed by atoms with Crippen molar-refractivity contribution in [2.45, 2.75) is 50.4 Å². The Morgan fingerprint density at radius 3 is 1.97 bits per heavy atom. The molecule has 1 aliphatic rings. The van der Waals surface area contributed by atoms with Gasteiger partial charge in [0.2, 0.25) is 0 Å². The fraction of sp³-hybridized carbons (Fsp3) is 0.381. The molecular formula is C21H19F6NO. The van der Waals surface area contributed by atoms with Gasteiger partial charge in [0.05, 0.1) is 5.71 Å². The minimum atomic E-state index is -4.50. The van der Waals surface area contributed by atoms with Gasteiger partial charge < -0.3 is 5.21 Å². The number of rotatable bonds is 5. The third kappa shape index (κ3) is 4.26. The van der Waals surface area contributed by atoms with E-state index in [4.69, 9.17) is 5.21 Å². The molecule has 0 atom stereocenters. The molecule has 0 heterocycles. The molecule has 1 aliphatic carbocycles. The Kier molecular flexibility index (Phi) is 5.40. The summed E-state index contributed by atoms with van der Waals surface area (Å²) in [6, 6.07) is 11.5. The Balaban J connectivity index is 2.21. The van der Waals surface area contributed by atoms with E-state index in [-0.39, 0.29) is 5.71 Å². The highest BCUT2D eigenvalue weighted by Crippen LogP contribution is 2.55. The van der Waals surface area contributed by atoms with E-state index in [1.807, 2.05) is 0 Å². The minimum absolute atomic E-state index is 0.226. The van der Waals surface area contributed by atoms with Gasteiger partial charge in [0.25, 0.3) is 0 Å². The van der Waals surface area contributed by atoms with Crippen LogP contribution in [0, 0.1) is 0 Å². The van der Waals surface area contributed by atoms with Gasteiger partial charge in [-0.1, -0.05) is 41.6 Å². The van der Waals surface area contributed by atoms with Crippen LogP contribution in [0.15, 0.2) is 47.6 Å². The molecule has 0 unspecified atom stereocenters. The van der Waals surface area contributed by atoms with Gasteiger partial charge in [0.1, 0.15) is 0 Å². The zero-order valence-corrected chi connectivity index (χ0v) is 15.5. The monoisotopic (exact) mass is 415 g/mol. The summed E-state index contributed by atoms with van der Waals surface area (Å²) in [5.74, 6) is 0. The van der Waals surface area contributed by atoms with Crippen LogP contribution in [0.2, 0.25) is 0 Å². The molecule has 0 saturated carbocycles. The SMILES string of the molecule is C/C(=N\O)c1ccc2c(c1)C(CCC(F)(F)F)(CCC(F)(F)F)c1ccccc1-2. The number of hydrogen-bond donors (Lipinski definition) is 1. The maximum absolute atomic E-state index is 13.1. The summed E-state index contributed by atoms with van der Waals surface area (Å²) < 4.78 is 78.6. The molecule has 0 radical (unpaired) electrons. The zero-order chi connectivity index (χ0) is 21.4. The quantitative estimate of drug-likeness (QED) is 0.247. The highest BCUT2D eigenvalue weighted by Gasteiger charge is 2.47. The lowest BCUT2D eigenvalue weighted by molar-refractivity contribution is -0.143. The molecule has 29 heavy (non-hydrogen) atoms. The van der Waals surface area contributed by atoms with Crippen LogP contribution in [-0.2, 0) is 5.41 Å². The molecule has 1 N–H and O–H groups in total. The maximum atomic E-state index is 13.1. The lowest BCUT2D eigenvalue weighted by Gasteiger charge is -2.33. The van der Waals surface area contributed by atoms with Gasteiger partial charge in [-0.2, -0.15) is 26.3 Å². The third-order valence-electron chi connectivity index (χ3n) is 5.51. The number of oxime groups is 1. The fourth-order valence-corrected chi connectivity index (χ4v) is 4.11. The summed E-state index contributed by atoms with van der Waals surface area (Å²) in [7, 11) is 0. The second-order valence-electron chi connectivity index (χ2n) is 7.30. The summed E-state index contributed by atoms with van der Waals surface area (Å²) in [4.78, 5) is 0. The van der Waals surface area contributed by atoms with Gasteiger partial charge in [-0.3, -0.25) is 0 Å². The lowest BCUT2D eigenvalue weighted by atomic mass is 9.71. The first-order valence-electron chi connectivity index (χ1n) is 9.04. The summed E-state index contributed by atoms with van der Waals surface area (Å²) in [6.07, 6.45) is -12.4. The van der Waals surface area contributed by atoms with Gasteiger partial charge in [0.15, 0.2) is 0 Å². The smallest absolute Gasteiger partial charge is 0.389 e. The predicted octanol–water partition coefficient (Wildman–Crippen LogP) is 6.84. The Hall–Kier alpha value is -2.51. The number of nitrogens with zero attached hydrogens (tertiary/aromatic N) is 1. The van der Waals surface area contributed by atoms with Crippen LogP contribution in [0.25, 0.3) is 11.1 Å². The summed E-state index contributed by atoms with van der Waals surface area (Å²) >= 11 is 0. The average molecular weight is 415 g/mol. The van der Waals surface area contributed by atoms with Crippen molar-refractivity contribution in [3.63, 3.8) is 0 Å². The van der Waals surface area contributed by atoms with E-state index in [9.17, 15) is 26.3 Å². The third-order valence-corrected chi connectivity index (χ3v) is 5.51. The second kappa shape index (κ2) is 7.39. The standard InChI is InChI=1S/C21H19F6NO/c1-13(28-29)14-6-7-16-15-4-2-3-5-17(15)19(18(16)12-14,8-10-20(22,23)24)9-11-21(25,26)27/h2-7,12,29H,8-11H2,1H3/b28-13+. The van der Waals surface area contributed by atoms with E-state index in [1.165, 1.54) is 6.92 Å². The molecular weight excluding hydrogens is 396 g/mol. The van der Waals surface area contributed by atoms with Crippen molar-refractivity contribution in [2.24, 2.45) is 5.16 Å². The fourth-order valence-electron chi connectivity index (χ4n) is 4.11. The van der Waals surface area contributed by atoms with E-state index in [1.54, 1.807) is 42.5 Å². The van der Waals surface area contributed by atoms with Crippen molar-refractivity contribution in [3.8, 4) is 11.1 Å². The van der Waals surface area contributed by atoms with Crippen LogP contribution in [-0.4, -0.2) is 23.3 Å². The van der Waals surface area contributed by atoms with Crippen molar-refractivity contribution in [3.05, 3.63) is 59.2 Å². The molecule has 156 valence electrons. The molecule has 0 saturated heterocycles. The molecule has 0 aliphatic heterocycles. The highest BCUT2D eigenvalue weighted by atomic mass is 19.4. The first kappa shape index (κ1) is 21.2.